The van der Waals surface area contributed by atoms with E-state index >= 15 is 0 Å². The van der Waals surface area contributed by atoms with Crippen molar-refractivity contribution in [2.24, 2.45) is 23.7 Å². The van der Waals surface area contributed by atoms with Crippen LogP contribution in [0.15, 0.2) is 35.4 Å². The molecule has 126 valence electrons. The van der Waals surface area contributed by atoms with Gasteiger partial charge in [-0.05, 0) is 36.8 Å². The monoisotopic (exact) mass is 323 g/mol. The molecule has 0 aromatic rings. The van der Waals surface area contributed by atoms with Gasteiger partial charge in [0.25, 0.3) is 0 Å². The Morgan fingerprint density at radius 2 is 2.04 bits per heavy atom. The Morgan fingerprint density at radius 1 is 1.30 bits per heavy atom. The maximum atomic E-state index is 12.7. The van der Waals surface area contributed by atoms with Crippen molar-refractivity contribution in [3.8, 4) is 0 Å². The molecule has 4 nitrogen and oxygen atoms in total. The predicted octanol–water partition coefficient (Wildman–Crippen LogP) is 3.13. The van der Waals surface area contributed by atoms with Gasteiger partial charge >= 0.3 is 0 Å². The average molecular weight is 323 g/mol. The highest BCUT2D eigenvalue weighted by molar-refractivity contribution is 5.93. The summed E-state index contributed by atoms with van der Waals surface area (Å²) in [5.41, 5.74) is 0.835. The highest BCUT2D eigenvalue weighted by Gasteiger charge is 2.39. The van der Waals surface area contributed by atoms with E-state index < -0.39 is 14.1 Å². The third-order valence-electron chi connectivity index (χ3n) is 4.95. The van der Waals surface area contributed by atoms with Crippen LogP contribution < -0.4 is 0 Å². The first-order chi connectivity index (χ1) is 13.3. The van der Waals surface area contributed by atoms with Crippen molar-refractivity contribution in [2.45, 2.75) is 26.7 Å². The molecule has 0 spiro atoms. The molecule has 0 aromatic carbocycles. The molecule has 2 aliphatic heterocycles. The van der Waals surface area contributed by atoms with E-state index in [1.54, 1.807) is 18.2 Å². The third-order valence-corrected chi connectivity index (χ3v) is 4.95. The van der Waals surface area contributed by atoms with Crippen LogP contribution in [0.5, 0.6) is 0 Å². The van der Waals surface area contributed by atoms with E-state index in [0.717, 1.165) is 25.1 Å². The predicted molar refractivity (Wildman–Crippen MR) is 89.4 cm³/mol. The Bertz CT molecular complexity index is 750. The standard InChI is InChI=1S/C19H27NO3/c1-12(2)7-14-11-20-6-5-13-8-18(22-3)19(23-4)9-15(13)16(20)10-17(14)21/h8-10,12-15H,5-7,11H2,1-4H3/i3D3,4D3. The molecule has 0 radical (unpaired) electrons. The maximum absolute atomic E-state index is 12.7. The van der Waals surface area contributed by atoms with Crippen LogP contribution in [-0.4, -0.2) is 37.8 Å². The molecule has 3 aliphatic rings. The summed E-state index contributed by atoms with van der Waals surface area (Å²) in [6.07, 6.45) is 6.45. The lowest BCUT2D eigenvalue weighted by Crippen LogP contribution is -2.45. The molecule has 23 heavy (non-hydrogen) atoms. The summed E-state index contributed by atoms with van der Waals surface area (Å²) in [6, 6.07) is 0. The van der Waals surface area contributed by atoms with Crippen molar-refractivity contribution in [3.63, 3.8) is 0 Å². The van der Waals surface area contributed by atoms with Gasteiger partial charge in [0.05, 0.1) is 22.3 Å². The molecule has 0 bridgehead atoms. The number of carbonyl (C=O) groups excluding carboxylic acids is 1. The lowest BCUT2D eigenvalue weighted by Gasteiger charge is -2.45. The fourth-order valence-corrected chi connectivity index (χ4v) is 3.89. The van der Waals surface area contributed by atoms with Crippen molar-refractivity contribution in [1.82, 2.24) is 4.90 Å². The Balaban J connectivity index is 1.92. The number of hydrogen-bond acceptors (Lipinski definition) is 4. The Hall–Kier alpha value is -1.71. The number of piperidine rings is 1. The zero-order valence-corrected chi connectivity index (χ0v) is 13.5. The van der Waals surface area contributed by atoms with E-state index in [4.69, 9.17) is 17.7 Å². The van der Waals surface area contributed by atoms with Crippen LogP contribution in [-0.2, 0) is 14.3 Å². The number of ketones is 1. The van der Waals surface area contributed by atoms with Gasteiger partial charge in [0, 0.05) is 36.7 Å². The van der Waals surface area contributed by atoms with Crippen molar-refractivity contribution in [3.05, 3.63) is 35.4 Å². The van der Waals surface area contributed by atoms with Crippen molar-refractivity contribution in [2.75, 3.05) is 27.2 Å². The van der Waals surface area contributed by atoms with Gasteiger partial charge in [0.1, 0.15) is 0 Å². The summed E-state index contributed by atoms with van der Waals surface area (Å²) in [6.45, 7) is 5.59. The Kier molecular flexibility index (Phi) is 2.85. The van der Waals surface area contributed by atoms with Gasteiger partial charge in [-0.3, -0.25) is 4.79 Å². The zero-order valence-electron chi connectivity index (χ0n) is 19.5. The second-order valence-electron chi connectivity index (χ2n) is 6.99. The minimum atomic E-state index is -2.75. The van der Waals surface area contributed by atoms with Crippen LogP contribution >= 0.6 is 0 Å². The smallest absolute Gasteiger partial charge is 0.162 e. The second kappa shape index (κ2) is 6.42. The Labute approximate surface area is 147 Å². The molecule has 3 unspecified atom stereocenters. The van der Waals surface area contributed by atoms with Crippen molar-refractivity contribution < 1.29 is 22.5 Å². The number of fused-ring (bicyclic) bond motifs is 3. The van der Waals surface area contributed by atoms with Crippen LogP contribution in [0.4, 0.5) is 0 Å². The summed E-state index contributed by atoms with van der Waals surface area (Å²) in [5, 5.41) is 0. The molecule has 0 aromatic heterocycles. The van der Waals surface area contributed by atoms with Crippen LogP contribution in [0.2, 0.25) is 0 Å². The van der Waals surface area contributed by atoms with Gasteiger partial charge in [-0.25, -0.2) is 0 Å². The molecular weight excluding hydrogens is 290 g/mol. The molecule has 3 rings (SSSR count). The normalized spacial score (nSPS) is 35.1. The summed E-state index contributed by atoms with van der Waals surface area (Å²) < 4.78 is 54.3. The lowest BCUT2D eigenvalue weighted by molar-refractivity contribution is -0.120. The third kappa shape index (κ3) is 3.04. The minimum absolute atomic E-state index is 0.0361. The summed E-state index contributed by atoms with van der Waals surface area (Å²) in [7, 11) is -5.47. The maximum Gasteiger partial charge on any atom is 0.162 e. The number of nitrogens with zero attached hydrogens (tertiary/aromatic N) is 1. The summed E-state index contributed by atoms with van der Waals surface area (Å²) >= 11 is 0. The molecule has 0 saturated carbocycles. The van der Waals surface area contributed by atoms with Crippen molar-refractivity contribution in [1.29, 1.82) is 0 Å². The van der Waals surface area contributed by atoms with Gasteiger partial charge in [-0.2, -0.15) is 0 Å². The number of hydrogen-bond donors (Lipinski definition) is 0. The van der Waals surface area contributed by atoms with Gasteiger partial charge in [-0.15, -0.1) is 0 Å². The van der Waals surface area contributed by atoms with Gasteiger partial charge in [0.15, 0.2) is 17.3 Å². The number of rotatable bonds is 4. The van der Waals surface area contributed by atoms with E-state index in [0.29, 0.717) is 12.5 Å². The summed E-state index contributed by atoms with van der Waals surface area (Å²) in [5.74, 6) is -0.0787. The average Bonchev–Trinajstić information content (AvgIpc) is 2.53. The topological polar surface area (TPSA) is 38.8 Å². The van der Waals surface area contributed by atoms with Crippen LogP contribution in [0.25, 0.3) is 0 Å². The highest BCUT2D eigenvalue weighted by atomic mass is 16.5. The zero-order chi connectivity index (χ0) is 21.6. The molecule has 0 N–H and O–H groups in total. The fourth-order valence-electron chi connectivity index (χ4n) is 3.89. The van der Waals surface area contributed by atoms with E-state index in [1.165, 1.54) is 0 Å². The quantitative estimate of drug-likeness (QED) is 0.797. The van der Waals surface area contributed by atoms with Crippen LogP contribution in [0.3, 0.4) is 0 Å². The second-order valence-corrected chi connectivity index (χ2v) is 6.99. The largest absolute Gasteiger partial charge is 0.493 e. The first-order valence-electron chi connectivity index (χ1n) is 11.1. The van der Waals surface area contributed by atoms with Crippen molar-refractivity contribution >= 4 is 5.78 Å². The Morgan fingerprint density at radius 3 is 2.74 bits per heavy atom. The number of allylic oxidation sites excluding steroid dienone is 3. The molecule has 1 saturated heterocycles. The SMILES string of the molecule is [2H]C([2H])([2H])OC1=CC2CCN3CC(CC(C)C)C(=O)C=C3C2C=C1OC([2H])([2H])[2H]. The highest BCUT2D eigenvalue weighted by Crippen LogP contribution is 2.42. The number of ether oxygens (including phenoxy) is 2. The first-order valence-corrected chi connectivity index (χ1v) is 8.15. The van der Waals surface area contributed by atoms with Gasteiger partial charge in [-0.1, -0.05) is 13.8 Å². The first kappa shape index (κ1) is 10.2. The molecule has 1 aliphatic carbocycles. The number of carbonyl (C=O) groups is 1. The van der Waals surface area contributed by atoms with E-state index in [1.807, 2.05) is 0 Å². The molecule has 2 heterocycles. The van der Waals surface area contributed by atoms with Gasteiger partial charge < -0.3 is 14.4 Å². The fraction of sp³-hybridized carbons (Fsp3) is 0.632. The molecule has 0 amide bonds. The van der Waals surface area contributed by atoms with Gasteiger partial charge in [0.2, 0.25) is 0 Å². The number of methoxy groups -OCH3 is 2. The molecule has 1 fully saturated rings. The minimum Gasteiger partial charge on any atom is -0.493 e. The molecular formula is C19H27NO3. The summed E-state index contributed by atoms with van der Waals surface area (Å²) in [4.78, 5) is 14.8. The van der Waals surface area contributed by atoms with E-state index in [9.17, 15) is 4.79 Å². The molecule has 3 atom stereocenters. The van der Waals surface area contributed by atoms with E-state index in [-0.39, 0.29) is 35.1 Å². The van der Waals surface area contributed by atoms with E-state index in [2.05, 4.69) is 18.7 Å². The lowest BCUT2D eigenvalue weighted by atomic mass is 9.76. The molecule has 4 heteroatoms. The van der Waals surface area contributed by atoms with Crippen LogP contribution in [0, 0.1) is 23.7 Å². The van der Waals surface area contributed by atoms with Crippen LogP contribution in [0.1, 0.15) is 34.9 Å².